The number of tetrazole rings is 1. The Balaban J connectivity index is 2.68. The maximum absolute atomic E-state index is 11.8. The van der Waals surface area contributed by atoms with E-state index in [9.17, 15) is 8.78 Å². The Kier molecular flexibility index (Phi) is 2.42. The van der Waals surface area contributed by atoms with Crippen molar-refractivity contribution in [3.05, 3.63) is 5.82 Å². The molecular weight excluding hydrogens is 156 g/mol. The molecule has 0 aliphatic carbocycles. The van der Waals surface area contributed by atoms with Gasteiger partial charge in [-0.05, 0) is 10.4 Å². The highest BCUT2D eigenvalue weighted by Crippen LogP contribution is 1.98. The van der Waals surface area contributed by atoms with E-state index < -0.39 is 13.0 Å². The van der Waals surface area contributed by atoms with Gasteiger partial charge in [-0.1, -0.05) is 0 Å². The van der Waals surface area contributed by atoms with Gasteiger partial charge in [0.2, 0.25) is 0 Å². The third-order valence-corrected chi connectivity index (χ3v) is 1.10. The molecule has 0 aliphatic heterocycles. The molecule has 0 amide bonds. The summed E-state index contributed by atoms with van der Waals surface area (Å²) in [5.74, 6) is 0.269. The normalized spacial score (nSPS) is 10.9. The van der Waals surface area contributed by atoms with Crippen LogP contribution in [0.25, 0.3) is 0 Å². The van der Waals surface area contributed by atoms with Crippen molar-refractivity contribution in [1.29, 1.82) is 0 Å². The van der Waals surface area contributed by atoms with Gasteiger partial charge in [-0.15, -0.1) is 5.10 Å². The third-order valence-electron chi connectivity index (χ3n) is 1.10. The first kappa shape index (κ1) is 7.99. The van der Waals surface area contributed by atoms with Crippen LogP contribution in [0.1, 0.15) is 5.82 Å². The Labute approximate surface area is 61.2 Å². The van der Waals surface area contributed by atoms with Gasteiger partial charge in [-0.2, -0.15) is 0 Å². The highest BCUT2D eigenvalue weighted by molar-refractivity contribution is 4.77. The fourth-order valence-corrected chi connectivity index (χ4v) is 0.642. The molecule has 0 aromatic carbocycles. The predicted octanol–water partition coefficient (Wildman–Crippen LogP) is -0.603. The van der Waals surface area contributed by atoms with Gasteiger partial charge >= 0.3 is 0 Å². The Bertz CT molecular complexity index is 222. The van der Waals surface area contributed by atoms with E-state index in [0.29, 0.717) is 0 Å². The minimum Gasteiger partial charge on any atom is -0.324 e. The van der Waals surface area contributed by atoms with Crippen LogP contribution in [-0.4, -0.2) is 26.6 Å². The number of halogens is 2. The monoisotopic (exact) mass is 163 g/mol. The van der Waals surface area contributed by atoms with Gasteiger partial charge in [0.05, 0.1) is 6.54 Å². The second-order valence-electron chi connectivity index (χ2n) is 1.87. The van der Waals surface area contributed by atoms with Crippen LogP contribution < -0.4 is 5.73 Å². The first-order valence-electron chi connectivity index (χ1n) is 2.97. The van der Waals surface area contributed by atoms with E-state index in [1.54, 1.807) is 0 Å². The van der Waals surface area contributed by atoms with Gasteiger partial charge in [0.1, 0.15) is 6.54 Å². The fraction of sp³-hybridized carbons (Fsp3) is 0.750. The number of alkyl halides is 2. The van der Waals surface area contributed by atoms with Crippen molar-refractivity contribution in [2.75, 3.05) is 0 Å². The zero-order valence-electron chi connectivity index (χ0n) is 5.61. The molecule has 0 spiro atoms. The molecule has 62 valence electrons. The Morgan fingerprint density at radius 1 is 1.55 bits per heavy atom. The second kappa shape index (κ2) is 3.33. The molecule has 11 heavy (non-hydrogen) atoms. The average molecular weight is 163 g/mol. The topological polar surface area (TPSA) is 69.6 Å². The maximum Gasteiger partial charge on any atom is 0.258 e. The summed E-state index contributed by atoms with van der Waals surface area (Å²) in [6.07, 6.45) is -2.45. The molecule has 0 atom stereocenters. The Morgan fingerprint density at radius 2 is 2.27 bits per heavy atom. The Morgan fingerprint density at radius 3 is 2.82 bits per heavy atom. The molecule has 0 saturated heterocycles. The summed E-state index contributed by atoms with van der Waals surface area (Å²) in [5, 5.41) is 9.95. The van der Waals surface area contributed by atoms with Crippen LogP contribution in [-0.2, 0) is 13.1 Å². The van der Waals surface area contributed by atoms with Crippen molar-refractivity contribution in [3.8, 4) is 0 Å². The van der Waals surface area contributed by atoms with Gasteiger partial charge in [0.15, 0.2) is 5.82 Å². The van der Waals surface area contributed by atoms with Crippen molar-refractivity contribution >= 4 is 0 Å². The van der Waals surface area contributed by atoms with Gasteiger partial charge in [0.25, 0.3) is 6.43 Å². The molecule has 1 aromatic heterocycles. The largest absolute Gasteiger partial charge is 0.324 e. The minimum atomic E-state index is -2.45. The molecular formula is C4H7F2N5. The highest BCUT2D eigenvalue weighted by atomic mass is 19.3. The summed E-state index contributed by atoms with van der Waals surface area (Å²) in [5.41, 5.74) is 5.16. The smallest absolute Gasteiger partial charge is 0.258 e. The van der Waals surface area contributed by atoms with Gasteiger partial charge in [-0.25, -0.2) is 13.5 Å². The van der Waals surface area contributed by atoms with Crippen LogP contribution in [0.4, 0.5) is 8.78 Å². The molecule has 0 unspecified atom stereocenters. The van der Waals surface area contributed by atoms with Crippen LogP contribution in [0.5, 0.6) is 0 Å². The van der Waals surface area contributed by atoms with E-state index in [0.717, 1.165) is 4.68 Å². The fourth-order valence-electron chi connectivity index (χ4n) is 0.642. The van der Waals surface area contributed by atoms with Gasteiger partial charge < -0.3 is 5.73 Å². The SMILES string of the molecule is NCc1nnnn1CC(F)F. The lowest BCUT2D eigenvalue weighted by atomic mass is 10.6. The lowest BCUT2D eigenvalue weighted by Gasteiger charge is -1.99. The first-order chi connectivity index (χ1) is 5.24. The van der Waals surface area contributed by atoms with Crippen LogP contribution in [0.2, 0.25) is 0 Å². The molecule has 5 nitrogen and oxygen atoms in total. The summed E-state index contributed by atoms with van der Waals surface area (Å²) < 4.78 is 24.5. The van der Waals surface area contributed by atoms with E-state index in [1.165, 1.54) is 0 Å². The first-order valence-corrected chi connectivity index (χ1v) is 2.97. The lowest BCUT2D eigenvalue weighted by Crippen LogP contribution is -2.14. The van der Waals surface area contributed by atoms with Gasteiger partial charge in [-0.3, -0.25) is 0 Å². The summed E-state index contributed by atoms with van der Waals surface area (Å²) >= 11 is 0. The molecule has 0 saturated carbocycles. The molecule has 7 heteroatoms. The van der Waals surface area contributed by atoms with Crippen molar-refractivity contribution in [2.45, 2.75) is 19.5 Å². The number of rotatable bonds is 3. The number of hydrogen-bond acceptors (Lipinski definition) is 4. The number of nitrogens with two attached hydrogens (primary N) is 1. The number of nitrogens with zero attached hydrogens (tertiary/aromatic N) is 4. The minimum absolute atomic E-state index is 0.0692. The molecule has 1 aromatic rings. The maximum atomic E-state index is 11.8. The number of aromatic nitrogens is 4. The quantitative estimate of drug-likeness (QED) is 0.645. The van der Waals surface area contributed by atoms with Crippen LogP contribution in [0.15, 0.2) is 0 Å². The van der Waals surface area contributed by atoms with E-state index in [-0.39, 0.29) is 12.4 Å². The van der Waals surface area contributed by atoms with Crippen molar-refractivity contribution in [1.82, 2.24) is 20.2 Å². The van der Waals surface area contributed by atoms with Crippen molar-refractivity contribution < 1.29 is 8.78 Å². The van der Waals surface area contributed by atoms with Crippen LogP contribution in [0.3, 0.4) is 0 Å². The molecule has 2 N–H and O–H groups in total. The van der Waals surface area contributed by atoms with Crippen LogP contribution >= 0.6 is 0 Å². The highest BCUT2D eigenvalue weighted by Gasteiger charge is 2.09. The zero-order chi connectivity index (χ0) is 8.27. The summed E-state index contributed by atoms with van der Waals surface area (Å²) in [7, 11) is 0. The predicted molar refractivity (Wildman–Crippen MR) is 31.7 cm³/mol. The molecule has 1 rings (SSSR count). The van der Waals surface area contributed by atoms with Crippen molar-refractivity contribution in [3.63, 3.8) is 0 Å². The summed E-state index contributed by atoms with van der Waals surface area (Å²) in [6, 6.07) is 0. The molecule has 0 radical (unpaired) electrons. The molecule has 0 aliphatic rings. The second-order valence-corrected chi connectivity index (χ2v) is 1.87. The number of hydrogen-bond donors (Lipinski definition) is 1. The van der Waals surface area contributed by atoms with E-state index in [4.69, 9.17) is 5.73 Å². The van der Waals surface area contributed by atoms with Crippen LogP contribution in [0, 0.1) is 0 Å². The van der Waals surface area contributed by atoms with E-state index in [1.807, 2.05) is 0 Å². The van der Waals surface area contributed by atoms with Gasteiger partial charge in [0, 0.05) is 0 Å². The molecule has 1 heterocycles. The van der Waals surface area contributed by atoms with E-state index in [2.05, 4.69) is 15.5 Å². The van der Waals surface area contributed by atoms with E-state index >= 15 is 0 Å². The molecule has 0 bridgehead atoms. The average Bonchev–Trinajstić information content (AvgIpc) is 2.34. The summed E-state index contributed by atoms with van der Waals surface area (Å²) in [6.45, 7) is -0.431. The Hall–Kier alpha value is -1.11. The van der Waals surface area contributed by atoms with Crippen molar-refractivity contribution in [2.24, 2.45) is 5.73 Å². The zero-order valence-corrected chi connectivity index (χ0v) is 5.61. The third kappa shape index (κ3) is 1.90. The summed E-state index contributed by atoms with van der Waals surface area (Å²) in [4.78, 5) is 0. The lowest BCUT2D eigenvalue weighted by molar-refractivity contribution is 0.119. The standard InChI is InChI=1S/C4H7F2N5/c5-3(6)2-11-4(1-7)8-9-10-11/h3H,1-2,7H2. The molecule has 0 fully saturated rings.